The van der Waals surface area contributed by atoms with Crippen LogP contribution in [0.4, 0.5) is 18.9 Å². The van der Waals surface area contributed by atoms with E-state index in [0.29, 0.717) is 5.69 Å². The molecule has 6 nitrogen and oxygen atoms in total. The van der Waals surface area contributed by atoms with Crippen LogP contribution in [0.15, 0.2) is 18.3 Å². The Morgan fingerprint density at radius 3 is 2.35 bits per heavy atom. The Balaban J connectivity index is 2.21. The summed E-state index contributed by atoms with van der Waals surface area (Å²) in [4.78, 5) is 28.3. The number of anilines is 1. The normalized spacial score (nSPS) is 14.2. The molecule has 3 N–H and O–H groups in total. The summed E-state index contributed by atoms with van der Waals surface area (Å²) >= 11 is 0. The van der Waals surface area contributed by atoms with Gasteiger partial charge in [0, 0.05) is 31.7 Å². The zero-order valence-corrected chi connectivity index (χ0v) is 14.1. The molecule has 0 aliphatic heterocycles. The molecule has 1 aromatic carbocycles. The largest absolute Gasteiger partial charge is 0.417 e. The number of halogens is 3. The van der Waals surface area contributed by atoms with Gasteiger partial charge < -0.3 is 16.0 Å². The lowest BCUT2D eigenvalue weighted by atomic mass is 10.00. The quantitative estimate of drug-likeness (QED) is 0.777. The van der Waals surface area contributed by atoms with E-state index in [-0.39, 0.29) is 28.4 Å². The summed E-state index contributed by atoms with van der Waals surface area (Å²) < 4.78 is 40.0. The van der Waals surface area contributed by atoms with Gasteiger partial charge in [-0.3, -0.25) is 14.6 Å². The number of fused-ring (bicyclic) bond motifs is 1. The number of aromatic nitrogens is 1. The van der Waals surface area contributed by atoms with Crippen LogP contribution >= 0.6 is 0 Å². The Morgan fingerprint density at radius 1 is 1.12 bits per heavy atom. The van der Waals surface area contributed by atoms with E-state index in [9.17, 15) is 22.8 Å². The van der Waals surface area contributed by atoms with E-state index in [0.717, 1.165) is 25.0 Å². The first-order chi connectivity index (χ1) is 12.3. The average Bonchev–Trinajstić information content (AvgIpc) is 3.41. The van der Waals surface area contributed by atoms with Crippen LogP contribution in [0.3, 0.4) is 0 Å². The average molecular weight is 366 g/mol. The molecule has 1 aliphatic rings. The molecule has 0 atom stereocenters. The van der Waals surface area contributed by atoms with Gasteiger partial charge in [0.25, 0.3) is 11.8 Å². The molecule has 0 spiro atoms. The monoisotopic (exact) mass is 366 g/mol. The Bertz CT molecular complexity index is 892. The SMILES string of the molecule is CNC(=O)c1cc2c(NC)c(C(=O)NC3CC3)cnc2cc1C(F)(F)F. The van der Waals surface area contributed by atoms with E-state index < -0.39 is 23.2 Å². The van der Waals surface area contributed by atoms with Crippen molar-refractivity contribution in [1.29, 1.82) is 0 Å². The first-order valence-electron chi connectivity index (χ1n) is 8.01. The van der Waals surface area contributed by atoms with Crippen molar-refractivity contribution in [3.63, 3.8) is 0 Å². The van der Waals surface area contributed by atoms with Crippen LogP contribution < -0.4 is 16.0 Å². The molecule has 138 valence electrons. The second kappa shape index (κ2) is 6.47. The third kappa shape index (κ3) is 3.29. The van der Waals surface area contributed by atoms with Gasteiger partial charge >= 0.3 is 6.18 Å². The molecule has 0 radical (unpaired) electrons. The van der Waals surface area contributed by atoms with Gasteiger partial charge in [0.15, 0.2) is 0 Å². The van der Waals surface area contributed by atoms with Crippen molar-refractivity contribution in [1.82, 2.24) is 15.6 Å². The molecular formula is C17H17F3N4O2. The third-order valence-corrected chi connectivity index (χ3v) is 4.19. The highest BCUT2D eigenvalue weighted by molar-refractivity contribution is 6.09. The molecule has 0 saturated heterocycles. The molecule has 2 aromatic rings. The Kier molecular flexibility index (Phi) is 4.47. The van der Waals surface area contributed by atoms with E-state index in [1.807, 2.05) is 0 Å². The number of nitrogens with zero attached hydrogens (tertiary/aromatic N) is 1. The number of hydrogen-bond acceptors (Lipinski definition) is 4. The number of pyridine rings is 1. The van der Waals surface area contributed by atoms with E-state index >= 15 is 0 Å². The molecule has 1 aromatic heterocycles. The standard InChI is InChI=1S/C17H17F3N4O2/c1-21-14-10-5-9(15(25)22-2)12(17(18,19)20)6-13(10)23-7-11(14)16(26)24-8-3-4-8/h5-8H,3-4H2,1-2H3,(H,21,23)(H,22,25)(H,24,26). The summed E-state index contributed by atoms with van der Waals surface area (Å²) in [6, 6.07) is 2.06. The van der Waals surface area contributed by atoms with Crippen molar-refractivity contribution in [2.75, 3.05) is 19.4 Å². The Hall–Kier alpha value is -2.84. The number of rotatable bonds is 4. The van der Waals surface area contributed by atoms with Crippen LogP contribution in [0.5, 0.6) is 0 Å². The fraction of sp³-hybridized carbons (Fsp3) is 0.353. The van der Waals surface area contributed by atoms with Gasteiger partial charge in [-0.1, -0.05) is 0 Å². The summed E-state index contributed by atoms with van der Waals surface area (Å²) in [5, 5.41) is 8.13. The molecular weight excluding hydrogens is 349 g/mol. The fourth-order valence-corrected chi connectivity index (χ4v) is 2.73. The van der Waals surface area contributed by atoms with E-state index in [1.54, 1.807) is 7.05 Å². The molecule has 1 heterocycles. The summed E-state index contributed by atoms with van der Waals surface area (Å²) in [6.45, 7) is 0. The zero-order valence-electron chi connectivity index (χ0n) is 14.1. The number of nitrogens with one attached hydrogen (secondary N) is 3. The van der Waals surface area contributed by atoms with Crippen LogP contribution in [0.2, 0.25) is 0 Å². The molecule has 1 aliphatic carbocycles. The number of alkyl halides is 3. The van der Waals surface area contributed by atoms with Crippen LogP contribution in [-0.2, 0) is 6.18 Å². The number of carbonyl (C=O) groups is 2. The van der Waals surface area contributed by atoms with E-state index in [4.69, 9.17) is 0 Å². The first kappa shape index (κ1) is 18.0. The molecule has 1 fully saturated rings. The number of amides is 2. The van der Waals surface area contributed by atoms with Crippen LogP contribution in [0, 0.1) is 0 Å². The van der Waals surface area contributed by atoms with Crippen molar-refractivity contribution < 1.29 is 22.8 Å². The van der Waals surface area contributed by atoms with Gasteiger partial charge in [-0.2, -0.15) is 13.2 Å². The highest BCUT2D eigenvalue weighted by Crippen LogP contribution is 2.36. The topological polar surface area (TPSA) is 83.1 Å². The maximum Gasteiger partial charge on any atom is 0.417 e. The molecule has 2 amide bonds. The van der Waals surface area contributed by atoms with Gasteiger partial charge in [-0.05, 0) is 25.0 Å². The molecule has 0 bridgehead atoms. The van der Waals surface area contributed by atoms with Gasteiger partial charge in [0.05, 0.1) is 27.9 Å². The van der Waals surface area contributed by atoms with Crippen LogP contribution in [-0.4, -0.2) is 36.9 Å². The lowest BCUT2D eigenvalue weighted by Crippen LogP contribution is -2.26. The molecule has 3 rings (SSSR count). The second-order valence-corrected chi connectivity index (χ2v) is 6.04. The highest BCUT2D eigenvalue weighted by atomic mass is 19.4. The van der Waals surface area contributed by atoms with Crippen molar-refractivity contribution in [2.45, 2.75) is 25.1 Å². The minimum absolute atomic E-state index is 0.0392. The Morgan fingerprint density at radius 2 is 1.81 bits per heavy atom. The van der Waals surface area contributed by atoms with Gasteiger partial charge in [0.1, 0.15) is 0 Å². The minimum atomic E-state index is -4.71. The molecule has 0 unspecified atom stereocenters. The van der Waals surface area contributed by atoms with Gasteiger partial charge in [-0.15, -0.1) is 0 Å². The Labute approximate surface area is 147 Å². The van der Waals surface area contributed by atoms with Crippen LogP contribution in [0.25, 0.3) is 10.9 Å². The van der Waals surface area contributed by atoms with Crippen molar-refractivity contribution in [3.8, 4) is 0 Å². The summed E-state index contributed by atoms with van der Waals surface area (Å²) in [6.07, 6.45) is -1.67. The molecule has 1 saturated carbocycles. The van der Waals surface area contributed by atoms with Crippen molar-refractivity contribution in [2.24, 2.45) is 0 Å². The lowest BCUT2D eigenvalue weighted by molar-refractivity contribution is -0.137. The van der Waals surface area contributed by atoms with E-state index in [2.05, 4.69) is 20.9 Å². The number of carbonyl (C=O) groups excluding carboxylic acids is 2. The predicted molar refractivity (Wildman–Crippen MR) is 90.2 cm³/mol. The smallest absolute Gasteiger partial charge is 0.387 e. The molecule has 26 heavy (non-hydrogen) atoms. The molecule has 9 heteroatoms. The zero-order chi connectivity index (χ0) is 19.1. The van der Waals surface area contributed by atoms with Gasteiger partial charge in [0.2, 0.25) is 0 Å². The number of hydrogen-bond donors (Lipinski definition) is 3. The van der Waals surface area contributed by atoms with Crippen molar-refractivity contribution >= 4 is 28.4 Å². The summed E-state index contributed by atoms with van der Waals surface area (Å²) in [5.74, 6) is -1.22. The lowest BCUT2D eigenvalue weighted by Gasteiger charge is -2.16. The van der Waals surface area contributed by atoms with Crippen LogP contribution in [0.1, 0.15) is 39.1 Å². The highest BCUT2D eigenvalue weighted by Gasteiger charge is 2.36. The summed E-state index contributed by atoms with van der Waals surface area (Å²) in [7, 11) is 2.81. The summed E-state index contributed by atoms with van der Waals surface area (Å²) in [5.41, 5.74) is -1.02. The number of benzene rings is 1. The first-order valence-corrected chi connectivity index (χ1v) is 8.01. The second-order valence-electron chi connectivity index (χ2n) is 6.04. The minimum Gasteiger partial charge on any atom is -0.387 e. The van der Waals surface area contributed by atoms with E-state index in [1.165, 1.54) is 13.2 Å². The maximum absolute atomic E-state index is 13.3. The third-order valence-electron chi connectivity index (χ3n) is 4.19. The maximum atomic E-state index is 13.3. The predicted octanol–water partition coefficient (Wildman–Crippen LogP) is 2.55. The van der Waals surface area contributed by atoms with Crippen molar-refractivity contribution in [3.05, 3.63) is 35.0 Å². The van der Waals surface area contributed by atoms with Gasteiger partial charge in [-0.25, -0.2) is 0 Å². The fourth-order valence-electron chi connectivity index (χ4n) is 2.73.